The van der Waals surface area contributed by atoms with E-state index in [1.165, 1.54) is 12.8 Å². The van der Waals surface area contributed by atoms with Gasteiger partial charge in [-0.2, -0.15) is 0 Å². The maximum Gasteiger partial charge on any atom is 0.228 e. The normalized spacial score (nSPS) is 41.5. The first-order valence-corrected chi connectivity index (χ1v) is 7.85. The zero-order chi connectivity index (χ0) is 13.4. The lowest BCUT2D eigenvalue weighted by Gasteiger charge is -2.38. The van der Waals surface area contributed by atoms with Gasteiger partial charge in [-0.25, -0.2) is 0 Å². The van der Waals surface area contributed by atoms with Crippen LogP contribution in [0.5, 0.6) is 0 Å². The van der Waals surface area contributed by atoms with Gasteiger partial charge in [-0.3, -0.25) is 4.79 Å². The monoisotopic (exact) mass is 266 g/mol. The van der Waals surface area contributed by atoms with Crippen molar-refractivity contribution >= 4 is 5.91 Å². The van der Waals surface area contributed by atoms with E-state index in [0.717, 1.165) is 25.8 Å². The van der Waals surface area contributed by atoms with Gasteiger partial charge in [0.1, 0.15) is 0 Å². The largest absolute Gasteiger partial charge is 0.378 e. The molecule has 3 aliphatic rings. The number of nitrogens with one attached hydrogen (secondary N) is 1. The third kappa shape index (κ3) is 2.65. The Hall–Kier alpha value is -0.610. The van der Waals surface area contributed by atoms with Crippen molar-refractivity contribution in [2.75, 3.05) is 13.2 Å². The summed E-state index contributed by atoms with van der Waals surface area (Å²) in [5, 5.41) is 3.65. The Labute approximate surface area is 115 Å². The Bertz CT molecular complexity index is 335. The van der Waals surface area contributed by atoms with Gasteiger partial charge in [-0.05, 0) is 46.0 Å². The number of hydrogen-bond acceptors (Lipinski definition) is 3. The Morgan fingerprint density at radius 3 is 2.47 bits per heavy atom. The topological polar surface area (TPSA) is 41.6 Å². The highest BCUT2D eigenvalue weighted by Gasteiger charge is 2.39. The van der Waals surface area contributed by atoms with Crippen molar-refractivity contribution in [3.8, 4) is 0 Å². The van der Waals surface area contributed by atoms with Crippen LogP contribution >= 0.6 is 0 Å². The van der Waals surface area contributed by atoms with E-state index in [9.17, 15) is 4.79 Å². The lowest BCUT2D eigenvalue weighted by Crippen LogP contribution is -2.51. The summed E-state index contributed by atoms with van der Waals surface area (Å²) in [4.78, 5) is 14.8. The minimum atomic E-state index is 0.0995. The summed E-state index contributed by atoms with van der Waals surface area (Å²) in [7, 11) is 0. The number of rotatable bonds is 3. The summed E-state index contributed by atoms with van der Waals surface area (Å²) in [5.74, 6) is 0.431. The van der Waals surface area contributed by atoms with Gasteiger partial charge in [0.25, 0.3) is 0 Å². The smallest absolute Gasteiger partial charge is 0.228 e. The van der Waals surface area contributed by atoms with E-state index >= 15 is 0 Å². The standard InChI is InChI=1S/C15H26N2O2/c1-3-17(15(18)11-6-10(2)19-9-11)14-7-12-4-5-13(8-14)16-12/h10-14,16H,3-9H2,1-2H3. The van der Waals surface area contributed by atoms with E-state index in [1.807, 2.05) is 0 Å². The number of carbonyl (C=O) groups excluding carboxylic acids is 1. The van der Waals surface area contributed by atoms with Crippen LogP contribution in [0.3, 0.4) is 0 Å². The fraction of sp³-hybridized carbons (Fsp3) is 0.933. The van der Waals surface area contributed by atoms with Crippen LogP contribution in [0.15, 0.2) is 0 Å². The van der Waals surface area contributed by atoms with Crippen LogP contribution in [-0.4, -0.2) is 48.2 Å². The maximum absolute atomic E-state index is 12.7. The van der Waals surface area contributed by atoms with E-state index < -0.39 is 0 Å². The molecule has 4 heteroatoms. The first kappa shape index (κ1) is 13.4. The molecule has 19 heavy (non-hydrogen) atoms. The van der Waals surface area contributed by atoms with Crippen molar-refractivity contribution in [2.45, 2.75) is 70.2 Å². The van der Waals surface area contributed by atoms with Crippen molar-refractivity contribution in [1.29, 1.82) is 0 Å². The SMILES string of the molecule is CCN(C(=O)C1COC(C)C1)C1CC2CCC(C1)N2. The third-order valence-electron chi connectivity index (χ3n) is 5.06. The molecule has 0 aromatic heterocycles. The van der Waals surface area contributed by atoms with Crippen molar-refractivity contribution in [3.63, 3.8) is 0 Å². The van der Waals surface area contributed by atoms with E-state index in [0.29, 0.717) is 30.6 Å². The maximum atomic E-state index is 12.7. The molecular formula is C15H26N2O2. The van der Waals surface area contributed by atoms with E-state index in [2.05, 4.69) is 24.1 Å². The van der Waals surface area contributed by atoms with Gasteiger partial charge in [0, 0.05) is 24.7 Å². The van der Waals surface area contributed by atoms with Gasteiger partial charge in [-0.15, -0.1) is 0 Å². The number of amides is 1. The molecule has 2 bridgehead atoms. The molecule has 0 aromatic rings. The van der Waals surface area contributed by atoms with E-state index in [-0.39, 0.29) is 12.0 Å². The highest BCUT2D eigenvalue weighted by molar-refractivity contribution is 5.79. The fourth-order valence-corrected chi connectivity index (χ4v) is 4.10. The summed E-state index contributed by atoms with van der Waals surface area (Å²) in [6.07, 6.45) is 6.00. The van der Waals surface area contributed by atoms with Crippen LogP contribution in [0.1, 0.15) is 46.0 Å². The molecule has 4 atom stereocenters. The number of hydrogen-bond donors (Lipinski definition) is 1. The number of piperidine rings is 1. The first-order valence-electron chi connectivity index (χ1n) is 7.85. The van der Waals surface area contributed by atoms with E-state index in [4.69, 9.17) is 4.74 Å². The van der Waals surface area contributed by atoms with Crippen molar-refractivity contribution in [2.24, 2.45) is 5.92 Å². The molecule has 108 valence electrons. The second-order valence-corrected chi connectivity index (χ2v) is 6.46. The highest BCUT2D eigenvalue weighted by atomic mass is 16.5. The molecule has 0 saturated carbocycles. The molecule has 0 spiro atoms. The average Bonchev–Trinajstić information content (AvgIpc) is 2.97. The average molecular weight is 266 g/mol. The number of fused-ring (bicyclic) bond motifs is 2. The van der Waals surface area contributed by atoms with Crippen LogP contribution in [0.2, 0.25) is 0 Å². The summed E-state index contributed by atoms with van der Waals surface area (Å²) in [6.45, 7) is 5.64. The first-order chi connectivity index (χ1) is 9.17. The van der Waals surface area contributed by atoms with Crippen LogP contribution in [0.4, 0.5) is 0 Å². The Kier molecular flexibility index (Phi) is 3.81. The van der Waals surface area contributed by atoms with Crippen LogP contribution < -0.4 is 5.32 Å². The van der Waals surface area contributed by atoms with Crippen LogP contribution in [-0.2, 0) is 9.53 Å². The zero-order valence-electron chi connectivity index (χ0n) is 12.1. The molecule has 0 aliphatic carbocycles. The summed E-state index contributed by atoms with van der Waals surface area (Å²) in [6, 6.07) is 1.74. The summed E-state index contributed by atoms with van der Waals surface area (Å²) < 4.78 is 5.56. The molecule has 4 nitrogen and oxygen atoms in total. The molecule has 1 amide bonds. The van der Waals surface area contributed by atoms with Gasteiger partial charge < -0.3 is 15.0 Å². The molecule has 3 aliphatic heterocycles. The molecule has 0 radical (unpaired) electrons. The zero-order valence-corrected chi connectivity index (χ0v) is 12.1. The quantitative estimate of drug-likeness (QED) is 0.842. The molecule has 4 unspecified atom stereocenters. The second kappa shape index (κ2) is 5.41. The molecular weight excluding hydrogens is 240 g/mol. The van der Waals surface area contributed by atoms with Gasteiger partial charge in [0.15, 0.2) is 0 Å². The molecule has 3 rings (SSSR count). The second-order valence-electron chi connectivity index (χ2n) is 6.46. The molecule has 1 N–H and O–H groups in total. The van der Waals surface area contributed by atoms with Crippen molar-refractivity contribution in [1.82, 2.24) is 10.2 Å². The van der Waals surface area contributed by atoms with Crippen molar-refractivity contribution < 1.29 is 9.53 Å². The Morgan fingerprint density at radius 2 is 1.95 bits per heavy atom. The summed E-state index contributed by atoms with van der Waals surface area (Å²) in [5.41, 5.74) is 0. The molecule has 3 heterocycles. The Morgan fingerprint density at radius 1 is 1.26 bits per heavy atom. The minimum absolute atomic E-state index is 0.0995. The lowest BCUT2D eigenvalue weighted by molar-refractivity contribution is -0.138. The minimum Gasteiger partial charge on any atom is -0.378 e. The Balaban J connectivity index is 1.65. The van der Waals surface area contributed by atoms with Gasteiger partial charge in [0.2, 0.25) is 5.91 Å². The summed E-state index contributed by atoms with van der Waals surface area (Å²) >= 11 is 0. The molecule has 3 saturated heterocycles. The highest BCUT2D eigenvalue weighted by Crippen LogP contribution is 2.31. The lowest BCUT2D eigenvalue weighted by atomic mass is 9.96. The van der Waals surface area contributed by atoms with Gasteiger partial charge >= 0.3 is 0 Å². The van der Waals surface area contributed by atoms with Crippen LogP contribution in [0, 0.1) is 5.92 Å². The fourth-order valence-electron chi connectivity index (χ4n) is 4.10. The van der Waals surface area contributed by atoms with Gasteiger partial charge in [0.05, 0.1) is 18.6 Å². The van der Waals surface area contributed by atoms with Crippen molar-refractivity contribution in [3.05, 3.63) is 0 Å². The number of ether oxygens (including phenoxy) is 1. The van der Waals surface area contributed by atoms with E-state index in [1.54, 1.807) is 0 Å². The predicted molar refractivity (Wildman–Crippen MR) is 73.9 cm³/mol. The molecule has 3 fully saturated rings. The number of nitrogens with zero attached hydrogens (tertiary/aromatic N) is 1. The number of carbonyl (C=O) groups is 1. The molecule has 0 aromatic carbocycles. The predicted octanol–water partition coefficient (Wildman–Crippen LogP) is 1.54. The van der Waals surface area contributed by atoms with Crippen LogP contribution in [0.25, 0.3) is 0 Å². The van der Waals surface area contributed by atoms with Gasteiger partial charge in [-0.1, -0.05) is 0 Å². The third-order valence-corrected chi connectivity index (χ3v) is 5.06.